The third-order valence-electron chi connectivity index (χ3n) is 1.94. The molecule has 0 saturated heterocycles. The maximum Gasteiger partial charge on any atom is 0.338 e. The Balaban J connectivity index is 2.02. The van der Waals surface area contributed by atoms with E-state index in [0.29, 0.717) is 22.4 Å². The van der Waals surface area contributed by atoms with Gasteiger partial charge in [0.05, 0.1) is 11.3 Å². The molecule has 2 aromatic heterocycles. The number of carboxylic acid groups (broad SMARTS) is 1. The SMILES string of the molecule is Nc1nccnc1SCc1cc(C(=O)O)co1. The molecule has 0 aliphatic rings. The summed E-state index contributed by atoms with van der Waals surface area (Å²) in [6.07, 6.45) is 4.26. The number of aromatic carboxylic acids is 1. The van der Waals surface area contributed by atoms with Crippen LogP contribution in [0.15, 0.2) is 34.2 Å². The molecule has 0 fully saturated rings. The fourth-order valence-electron chi connectivity index (χ4n) is 1.16. The average Bonchev–Trinajstić information content (AvgIpc) is 2.77. The van der Waals surface area contributed by atoms with Gasteiger partial charge >= 0.3 is 5.97 Å². The summed E-state index contributed by atoms with van der Waals surface area (Å²) in [5, 5.41) is 9.32. The van der Waals surface area contributed by atoms with E-state index in [0.717, 1.165) is 0 Å². The fraction of sp³-hybridized carbons (Fsp3) is 0.100. The van der Waals surface area contributed by atoms with Crippen LogP contribution in [0.25, 0.3) is 0 Å². The van der Waals surface area contributed by atoms with E-state index in [1.807, 2.05) is 0 Å². The van der Waals surface area contributed by atoms with E-state index in [4.69, 9.17) is 15.3 Å². The average molecular weight is 251 g/mol. The molecule has 17 heavy (non-hydrogen) atoms. The van der Waals surface area contributed by atoms with E-state index in [9.17, 15) is 4.79 Å². The van der Waals surface area contributed by atoms with Crippen LogP contribution in [-0.4, -0.2) is 21.0 Å². The van der Waals surface area contributed by atoms with Crippen LogP contribution in [0.2, 0.25) is 0 Å². The minimum absolute atomic E-state index is 0.132. The van der Waals surface area contributed by atoms with Crippen molar-refractivity contribution in [3.8, 4) is 0 Å². The molecule has 0 aliphatic carbocycles. The first-order chi connectivity index (χ1) is 8.16. The van der Waals surface area contributed by atoms with E-state index >= 15 is 0 Å². The predicted octanol–water partition coefficient (Wildman–Crippen LogP) is 1.64. The normalized spacial score (nSPS) is 10.4. The highest BCUT2D eigenvalue weighted by atomic mass is 32.2. The lowest BCUT2D eigenvalue weighted by atomic mass is 10.3. The molecule has 0 aliphatic heterocycles. The minimum atomic E-state index is -1.01. The maximum absolute atomic E-state index is 10.6. The van der Waals surface area contributed by atoms with Crippen molar-refractivity contribution in [1.29, 1.82) is 0 Å². The number of carboxylic acids is 1. The Morgan fingerprint density at radius 2 is 2.24 bits per heavy atom. The van der Waals surface area contributed by atoms with Crippen LogP contribution in [0.5, 0.6) is 0 Å². The second-order valence-corrected chi connectivity index (χ2v) is 4.11. The number of hydrogen-bond acceptors (Lipinski definition) is 6. The molecule has 0 atom stereocenters. The largest absolute Gasteiger partial charge is 0.478 e. The highest BCUT2D eigenvalue weighted by Crippen LogP contribution is 2.24. The number of anilines is 1. The van der Waals surface area contributed by atoms with Crippen LogP contribution in [0.1, 0.15) is 16.1 Å². The van der Waals surface area contributed by atoms with Gasteiger partial charge in [-0.1, -0.05) is 11.8 Å². The number of thioether (sulfide) groups is 1. The van der Waals surface area contributed by atoms with Gasteiger partial charge in [0.25, 0.3) is 0 Å². The van der Waals surface area contributed by atoms with Gasteiger partial charge in [0, 0.05) is 12.4 Å². The maximum atomic E-state index is 10.6. The van der Waals surface area contributed by atoms with Gasteiger partial charge in [-0.2, -0.15) is 0 Å². The third kappa shape index (κ3) is 2.76. The van der Waals surface area contributed by atoms with Gasteiger partial charge in [-0.05, 0) is 6.07 Å². The molecule has 0 radical (unpaired) electrons. The smallest absolute Gasteiger partial charge is 0.338 e. The summed E-state index contributed by atoms with van der Waals surface area (Å²) in [5.41, 5.74) is 5.75. The summed E-state index contributed by atoms with van der Waals surface area (Å²) in [4.78, 5) is 18.6. The molecule has 0 spiro atoms. The van der Waals surface area contributed by atoms with Gasteiger partial charge in [-0.15, -0.1) is 0 Å². The Hall–Kier alpha value is -2.02. The van der Waals surface area contributed by atoms with Crippen molar-refractivity contribution in [2.75, 3.05) is 5.73 Å². The zero-order chi connectivity index (χ0) is 12.3. The summed E-state index contributed by atoms with van der Waals surface area (Å²) in [7, 11) is 0. The first kappa shape index (κ1) is 11.5. The number of carbonyl (C=O) groups is 1. The zero-order valence-electron chi connectivity index (χ0n) is 8.66. The molecule has 0 amide bonds. The molecule has 3 N–H and O–H groups in total. The minimum Gasteiger partial charge on any atom is -0.478 e. The number of nitrogens with zero attached hydrogens (tertiary/aromatic N) is 2. The Labute approximate surface area is 101 Å². The zero-order valence-corrected chi connectivity index (χ0v) is 9.48. The standard InChI is InChI=1S/C10H9N3O3S/c11-8-9(13-2-1-12-8)17-5-7-3-6(4-16-7)10(14)15/h1-4H,5H2,(H2,11,12)(H,14,15). The van der Waals surface area contributed by atoms with Gasteiger partial charge in [-0.25, -0.2) is 14.8 Å². The van der Waals surface area contributed by atoms with Crippen molar-refractivity contribution < 1.29 is 14.3 Å². The second-order valence-electron chi connectivity index (χ2n) is 3.14. The van der Waals surface area contributed by atoms with E-state index in [1.54, 1.807) is 6.20 Å². The van der Waals surface area contributed by atoms with E-state index in [1.165, 1.54) is 30.3 Å². The number of aromatic nitrogens is 2. The number of nitrogen functional groups attached to an aromatic ring is 1. The summed E-state index contributed by atoms with van der Waals surface area (Å²) in [6.45, 7) is 0. The lowest BCUT2D eigenvalue weighted by molar-refractivity contribution is 0.0696. The number of hydrogen-bond donors (Lipinski definition) is 2. The molecule has 0 unspecified atom stereocenters. The lowest BCUT2D eigenvalue weighted by Crippen LogP contribution is -1.94. The van der Waals surface area contributed by atoms with Gasteiger partial charge in [0.2, 0.25) is 0 Å². The second kappa shape index (κ2) is 4.88. The molecular weight excluding hydrogens is 242 g/mol. The van der Waals surface area contributed by atoms with E-state index in [-0.39, 0.29) is 5.56 Å². The van der Waals surface area contributed by atoms with Crippen molar-refractivity contribution in [3.63, 3.8) is 0 Å². The first-order valence-corrected chi connectivity index (χ1v) is 5.65. The van der Waals surface area contributed by atoms with Crippen LogP contribution in [0, 0.1) is 0 Å². The molecule has 2 aromatic rings. The summed E-state index contributed by atoms with van der Waals surface area (Å²) in [6, 6.07) is 1.47. The van der Waals surface area contributed by atoms with Crippen molar-refractivity contribution in [3.05, 3.63) is 36.0 Å². The number of furan rings is 1. The Bertz CT molecular complexity index is 541. The Morgan fingerprint density at radius 1 is 1.47 bits per heavy atom. The van der Waals surface area contributed by atoms with Crippen LogP contribution in [0.4, 0.5) is 5.82 Å². The van der Waals surface area contributed by atoms with Crippen molar-refractivity contribution in [2.45, 2.75) is 10.8 Å². The van der Waals surface area contributed by atoms with Crippen molar-refractivity contribution in [1.82, 2.24) is 9.97 Å². The summed E-state index contributed by atoms with van der Waals surface area (Å²) < 4.78 is 5.10. The first-order valence-electron chi connectivity index (χ1n) is 4.67. The van der Waals surface area contributed by atoms with Crippen molar-refractivity contribution >= 4 is 23.5 Å². The molecule has 0 bridgehead atoms. The molecule has 0 aromatic carbocycles. The topological polar surface area (TPSA) is 102 Å². The van der Waals surface area contributed by atoms with Crippen molar-refractivity contribution in [2.24, 2.45) is 0 Å². The molecule has 2 rings (SSSR count). The highest BCUT2D eigenvalue weighted by Gasteiger charge is 2.09. The van der Waals surface area contributed by atoms with E-state index in [2.05, 4.69) is 9.97 Å². The van der Waals surface area contributed by atoms with Crippen LogP contribution in [-0.2, 0) is 5.75 Å². The molecular formula is C10H9N3O3S. The van der Waals surface area contributed by atoms with E-state index < -0.39 is 5.97 Å². The molecule has 2 heterocycles. The quantitative estimate of drug-likeness (QED) is 0.796. The monoisotopic (exact) mass is 251 g/mol. The van der Waals surface area contributed by atoms with Gasteiger partial charge < -0.3 is 15.3 Å². The summed E-state index contributed by atoms with van der Waals surface area (Å²) >= 11 is 1.34. The lowest BCUT2D eigenvalue weighted by Gasteiger charge is -2.00. The van der Waals surface area contributed by atoms with Crippen LogP contribution >= 0.6 is 11.8 Å². The van der Waals surface area contributed by atoms with Gasteiger partial charge in [0.15, 0.2) is 5.82 Å². The molecule has 0 saturated carbocycles. The fourth-order valence-corrected chi connectivity index (χ4v) is 1.92. The highest BCUT2D eigenvalue weighted by molar-refractivity contribution is 7.98. The van der Waals surface area contributed by atoms with Crippen LogP contribution < -0.4 is 5.73 Å². The molecule has 7 heteroatoms. The number of rotatable bonds is 4. The summed E-state index contributed by atoms with van der Waals surface area (Å²) in [5.74, 6) is 0.347. The molecule has 6 nitrogen and oxygen atoms in total. The third-order valence-corrected chi connectivity index (χ3v) is 2.96. The Morgan fingerprint density at radius 3 is 2.88 bits per heavy atom. The Kier molecular flexibility index (Phi) is 3.29. The molecule has 88 valence electrons. The van der Waals surface area contributed by atoms with Crippen LogP contribution in [0.3, 0.4) is 0 Å². The van der Waals surface area contributed by atoms with Gasteiger partial charge in [-0.3, -0.25) is 0 Å². The van der Waals surface area contributed by atoms with Gasteiger partial charge in [0.1, 0.15) is 17.0 Å². The predicted molar refractivity (Wildman–Crippen MR) is 61.7 cm³/mol. The number of nitrogens with two attached hydrogens (primary N) is 1.